The fraction of sp³-hybridized carbons (Fsp3) is 0.278. The lowest BCUT2D eigenvalue weighted by molar-refractivity contribution is -0.118. The van der Waals surface area contributed by atoms with Gasteiger partial charge in [-0.25, -0.2) is 0 Å². The molecule has 0 fully saturated rings. The Labute approximate surface area is 136 Å². The van der Waals surface area contributed by atoms with Crippen LogP contribution >= 0.6 is 0 Å². The smallest absolute Gasteiger partial charge is 0.262 e. The topological polar surface area (TPSA) is 73.6 Å². The van der Waals surface area contributed by atoms with Crippen molar-refractivity contribution in [3.8, 4) is 11.5 Å². The molecule has 0 atom stereocenters. The predicted molar refractivity (Wildman–Crippen MR) is 92.1 cm³/mol. The number of carbonyl (C=O) groups excluding carboxylic acids is 1. The van der Waals surface area contributed by atoms with Crippen molar-refractivity contribution in [2.45, 2.75) is 20.8 Å². The summed E-state index contributed by atoms with van der Waals surface area (Å²) < 4.78 is 10.9. The normalized spacial score (nSPS) is 10.2. The molecule has 2 rings (SSSR count). The number of carbonyl (C=O) groups is 1. The van der Waals surface area contributed by atoms with E-state index in [9.17, 15) is 4.79 Å². The number of hydrogen-bond acceptors (Lipinski definition) is 4. The van der Waals surface area contributed by atoms with Gasteiger partial charge in [0.05, 0.1) is 18.0 Å². The molecule has 0 bridgehead atoms. The monoisotopic (exact) mass is 314 g/mol. The van der Waals surface area contributed by atoms with Crippen LogP contribution in [0.15, 0.2) is 36.4 Å². The standard InChI is InChI=1S/C18H22N2O3/c1-4-22-15-7-8-17(16(19)10-15)20-18(21)11-23-14-6-5-12(2)13(3)9-14/h5-10H,4,11,19H2,1-3H3,(H,20,21). The Bertz CT molecular complexity index is 699. The highest BCUT2D eigenvalue weighted by Gasteiger charge is 2.08. The van der Waals surface area contributed by atoms with Crippen LogP contribution in [0.25, 0.3) is 0 Å². The SMILES string of the molecule is CCOc1ccc(NC(=O)COc2ccc(C)c(C)c2)c(N)c1. The molecule has 0 heterocycles. The van der Waals surface area contributed by atoms with Crippen molar-refractivity contribution in [1.29, 1.82) is 0 Å². The van der Waals surface area contributed by atoms with Crippen molar-refractivity contribution in [3.05, 3.63) is 47.5 Å². The fourth-order valence-electron chi connectivity index (χ4n) is 2.05. The van der Waals surface area contributed by atoms with Crippen LogP contribution in [-0.4, -0.2) is 19.1 Å². The first-order valence-electron chi connectivity index (χ1n) is 7.52. The molecule has 0 unspecified atom stereocenters. The van der Waals surface area contributed by atoms with E-state index in [1.807, 2.05) is 39.0 Å². The van der Waals surface area contributed by atoms with Crippen LogP contribution < -0.4 is 20.5 Å². The fourth-order valence-corrected chi connectivity index (χ4v) is 2.05. The number of ether oxygens (including phenoxy) is 2. The molecule has 1 amide bonds. The molecular formula is C18H22N2O3. The number of nitrogens with two attached hydrogens (primary N) is 1. The van der Waals surface area contributed by atoms with E-state index in [2.05, 4.69) is 5.32 Å². The number of nitrogen functional groups attached to an aromatic ring is 1. The van der Waals surface area contributed by atoms with Gasteiger partial charge < -0.3 is 20.5 Å². The zero-order chi connectivity index (χ0) is 16.8. The molecule has 5 nitrogen and oxygen atoms in total. The Balaban J connectivity index is 1.93. The average molecular weight is 314 g/mol. The first-order valence-corrected chi connectivity index (χ1v) is 7.52. The highest BCUT2D eigenvalue weighted by molar-refractivity contribution is 5.95. The zero-order valence-corrected chi connectivity index (χ0v) is 13.7. The van der Waals surface area contributed by atoms with Gasteiger partial charge in [0.1, 0.15) is 11.5 Å². The van der Waals surface area contributed by atoms with Crippen molar-refractivity contribution in [2.75, 3.05) is 24.3 Å². The van der Waals surface area contributed by atoms with Gasteiger partial charge in [-0.1, -0.05) is 6.07 Å². The Hall–Kier alpha value is -2.69. The molecule has 23 heavy (non-hydrogen) atoms. The Kier molecular flexibility index (Phi) is 5.46. The summed E-state index contributed by atoms with van der Waals surface area (Å²) in [6.07, 6.45) is 0. The number of benzene rings is 2. The summed E-state index contributed by atoms with van der Waals surface area (Å²) in [5, 5.41) is 2.73. The van der Waals surface area contributed by atoms with Crippen molar-refractivity contribution in [1.82, 2.24) is 0 Å². The van der Waals surface area contributed by atoms with Gasteiger partial charge in [-0.3, -0.25) is 4.79 Å². The first kappa shape index (κ1) is 16.7. The molecule has 0 saturated heterocycles. The number of anilines is 2. The number of aryl methyl sites for hydroxylation is 2. The molecule has 0 radical (unpaired) electrons. The Morgan fingerprint density at radius 3 is 2.39 bits per heavy atom. The van der Waals surface area contributed by atoms with Crippen molar-refractivity contribution < 1.29 is 14.3 Å². The van der Waals surface area contributed by atoms with E-state index >= 15 is 0 Å². The Morgan fingerprint density at radius 2 is 1.74 bits per heavy atom. The second-order valence-corrected chi connectivity index (χ2v) is 5.26. The molecule has 0 saturated carbocycles. The van der Waals surface area contributed by atoms with Crippen LogP contribution in [0.1, 0.15) is 18.1 Å². The van der Waals surface area contributed by atoms with Gasteiger partial charge in [0.25, 0.3) is 5.91 Å². The van der Waals surface area contributed by atoms with E-state index in [1.54, 1.807) is 18.2 Å². The minimum absolute atomic E-state index is 0.0743. The van der Waals surface area contributed by atoms with Gasteiger partial charge in [0, 0.05) is 6.07 Å². The average Bonchev–Trinajstić information content (AvgIpc) is 2.51. The summed E-state index contributed by atoms with van der Waals surface area (Å²) in [4.78, 5) is 12.0. The van der Waals surface area contributed by atoms with E-state index in [0.29, 0.717) is 29.5 Å². The zero-order valence-electron chi connectivity index (χ0n) is 13.7. The lowest BCUT2D eigenvalue weighted by Gasteiger charge is -2.11. The number of hydrogen-bond donors (Lipinski definition) is 2. The van der Waals surface area contributed by atoms with Gasteiger partial charge in [-0.05, 0) is 56.2 Å². The third kappa shape index (κ3) is 4.64. The molecule has 2 aromatic rings. The predicted octanol–water partition coefficient (Wildman–Crippen LogP) is 3.30. The molecule has 5 heteroatoms. The van der Waals surface area contributed by atoms with Crippen LogP contribution in [0, 0.1) is 13.8 Å². The highest BCUT2D eigenvalue weighted by Crippen LogP contribution is 2.24. The molecule has 2 aromatic carbocycles. The van der Waals surface area contributed by atoms with E-state index in [-0.39, 0.29) is 12.5 Å². The summed E-state index contributed by atoms with van der Waals surface area (Å²) in [7, 11) is 0. The van der Waals surface area contributed by atoms with Crippen molar-refractivity contribution in [2.24, 2.45) is 0 Å². The number of rotatable bonds is 6. The largest absolute Gasteiger partial charge is 0.494 e. The quantitative estimate of drug-likeness (QED) is 0.802. The molecule has 3 N–H and O–H groups in total. The van der Waals surface area contributed by atoms with Gasteiger partial charge in [-0.2, -0.15) is 0 Å². The molecule has 0 aliphatic heterocycles. The van der Waals surface area contributed by atoms with Gasteiger partial charge >= 0.3 is 0 Å². The number of amides is 1. The third-order valence-electron chi connectivity index (χ3n) is 3.46. The summed E-state index contributed by atoms with van der Waals surface area (Å²) in [5.41, 5.74) is 9.21. The maximum atomic E-state index is 12.0. The second-order valence-electron chi connectivity index (χ2n) is 5.26. The van der Waals surface area contributed by atoms with Gasteiger partial charge in [0.15, 0.2) is 6.61 Å². The number of nitrogens with one attached hydrogen (secondary N) is 1. The summed E-state index contributed by atoms with van der Waals surface area (Å²) in [5.74, 6) is 1.08. The van der Waals surface area contributed by atoms with Crippen LogP contribution in [0.2, 0.25) is 0 Å². The summed E-state index contributed by atoms with van der Waals surface area (Å²) in [6.45, 7) is 6.42. The third-order valence-corrected chi connectivity index (χ3v) is 3.46. The van der Waals surface area contributed by atoms with Gasteiger partial charge in [0.2, 0.25) is 0 Å². The molecule has 0 spiro atoms. The molecule has 0 aliphatic carbocycles. The van der Waals surface area contributed by atoms with Crippen LogP contribution in [0.5, 0.6) is 11.5 Å². The van der Waals surface area contributed by atoms with E-state index in [1.165, 1.54) is 5.56 Å². The summed E-state index contributed by atoms with van der Waals surface area (Å²) in [6, 6.07) is 10.9. The van der Waals surface area contributed by atoms with E-state index < -0.39 is 0 Å². The lowest BCUT2D eigenvalue weighted by Crippen LogP contribution is -2.20. The molecule has 0 aliphatic rings. The summed E-state index contributed by atoms with van der Waals surface area (Å²) >= 11 is 0. The molecular weight excluding hydrogens is 292 g/mol. The van der Waals surface area contributed by atoms with E-state index in [4.69, 9.17) is 15.2 Å². The highest BCUT2D eigenvalue weighted by atomic mass is 16.5. The van der Waals surface area contributed by atoms with Crippen LogP contribution in [0.4, 0.5) is 11.4 Å². The van der Waals surface area contributed by atoms with Gasteiger partial charge in [-0.15, -0.1) is 0 Å². The van der Waals surface area contributed by atoms with Crippen molar-refractivity contribution >= 4 is 17.3 Å². The lowest BCUT2D eigenvalue weighted by atomic mass is 10.1. The van der Waals surface area contributed by atoms with Crippen LogP contribution in [0.3, 0.4) is 0 Å². The maximum Gasteiger partial charge on any atom is 0.262 e. The maximum absolute atomic E-state index is 12.0. The minimum Gasteiger partial charge on any atom is -0.494 e. The minimum atomic E-state index is -0.265. The van der Waals surface area contributed by atoms with Crippen LogP contribution in [-0.2, 0) is 4.79 Å². The molecule has 0 aromatic heterocycles. The van der Waals surface area contributed by atoms with Crippen molar-refractivity contribution in [3.63, 3.8) is 0 Å². The first-order chi connectivity index (χ1) is 11.0. The van der Waals surface area contributed by atoms with E-state index in [0.717, 1.165) is 5.56 Å². The second kappa shape index (κ2) is 7.54. The molecule has 122 valence electrons. The Morgan fingerprint density at radius 1 is 1.04 bits per heavy atom.